The molecule has 0 amide bonds. The first-order valence-electron chi connectivity index (χ1n) is 8.62. The Kier molecular flexibility index (Phi) is 4.30. The average molecular weight is 325 g/mol. The van der Waals surface area contributed by atoms with E-state index in [-0.39, 0.29) is 6.10 Å². The molecule has 4 rings (SSSR count). The first-order valence-corrected chi connectivity index (χ1v) is 8.62. The van der Waals surface area contributed by atoms with E-state index in [1.165, 1.54) is 0 Å². The number of morpholine rings is 1. The topological polar surface area (TPSA) is 63.2 Å². The van der Waals surface area contributed by atoms with Crippen molar-refractivity contribution in [3.63, 3.8) is 0 Å². The molecule has 1 aliphatic heterocycles. The van der Waals surface area contributed by atoms with Gasteiger partial charge in [-0.15, -0.1) is 0 Å². The minimum absolute atomic E-state index is 0.243. The monoisotopic (exact) mass is 325 g/mol. The van der Waals surface area contributed by atoms with E-state index in [1.54, 1.807) is 6.20 Å². The molecule has 126 valence electrons. The smallest absolute Gasteiger partial charge is 0.225 e. The third-order valence-electron chi connectivity index (χ3n) is 4.97. The standard InChI is InChI=1S/C18H23N5O/c1-13-9-21-18(22-10-13)23-7-8-24-17-14(4-5-16(17)23)11-20-15-3-2-6-19-12-15/h2-3,6,9-10,12,14,16-17,20H,4-5,7-8,11H2,1H3/t14-,16-,17-/m1/s1. The van der Waals surface area contributed by atoms with Gasteiger partial charge in [0.1, 0.15) is 0 Å². The van der Waals surface area contributed by atoms with Crippen molar-refractivity contribution in [2.45, 2.75) is 31.9 Å². The molecule has 2 fully saturated rings. The average Bonchev–Trinajstić information content (AvgIpc) is 3.05. The van der Waals surface area contributed by atoms with E-state index in [0.717, 1.165) is 49.7 Å². The predicted octanol–water partition coefficient (Wildman–Crippen LogP) is 2.28. The number of aromatic nitrogens is 3. The maximum absolute atomic E-state index is 6.13. The van der Waals surface area contributed by atoms with Gasteiger partial charge in [0, 0.05) is 43.8 Å². The summed E-state index contributed by atoms with van der Waals surface area (Å²) in [7, 11) is 0. The molecular weight excluding hydrogens is 302 g/mol. The number of pyridine rings is 1. The second-order valence-electron chi connectivity index (χ2n) is 6.62. The van der Waals surface area contributed by atoms with Crippen LogP contribution in [0.5, 0.6) is 0 Å². The lowest BCUT2D eigenvalue weighted by atomic mass is 10.0. The Hall–Kier alpha value is -2.21. The van der Waals surface area contributed by atoms with Gasteiger partial charge in [0.25, 0.3) is 0 Å². The van der Waals surface area contributed by atoms with E-state index in [1.807, 2.05) is 37.6 Å². The number of fused-ring (bicyclic) bond motifs is 1. The summed E-state index contributed by atoms with van der Waals surface area (Å²) < 4.78 is 6.13. The van der Waals surface area contributed by atoms with E-state index in [0.29, 0.717) is 12.0 Å². The van der Waals surface area contributed by atoms with Crippen LogP contribution in [0.25, 0.3) is 0 Å². The molecule has 3 atom stereocenters. The van der Waals surface area contributed by atoms with E-state index < -0.39 is 0 Å². The number of rotatable bonds is 4. The SMILES string of the molecule is Cc1cnc(N2CCO[C@@H]3[C@@H](CNc4cccnc4)CC[C@H]32)nc1. The van der Waals surface area contributed by atoms with Crippen LogP contribution in [0.2, 0.25) is 0 Å². The lowest BCUT2D eigenvalue weighted by Crippen LogP contribution is -2.51. The van der Waals surface area contributed by atoms with Crippen LogP contribution in [-0.4, -0.2) is 46.8 Å². The molecule has 6 nitrogen and oxygen atoms in total. The van der Waals surface area contributed by atoms with Gasteiger partial charge in [-0.2, -0.15) is 0 Å². The van der Waals surface area contributed by atoms with E-state index in [9.17, 15) is 0 Å². The lowest BCUT2D eigenvalue weighted by molar-refractivity contribution is 0.000807. The Morgan fingerprint density at radius 1 is 1.25 bits per heavy atom. The maximum Gasteiger partial charge on any atom is 0.225 e. The third-order valence-corrected chi connectivity index (χ3v) is 4.97. The van der Waals surface area contributed by atoms with Crippen LogP contribution in [-0.2, 0) is 4.74 Å². The van der Waals surface area contributed by atoms with Crippen molar-refractivity contribution in [1.82, 2.24) is 15.0 Å². The molecule has 2 aromatic heterocycles. The van der Waals surface area contributed by atoms with E-state index in [4.69, 9.17) is 4.74 Å². The minimum Gasteiger partial charge on any atom is -0.383 e. The molecule has 6 heteroatoms. The van der Waals surface area contributed by atoms with E-state index in [2.05, 4.69) is 25.2 Å². The van der Waals surface area contributed by atoms with Gasteiger partial charge in [-0.3, -0.25) is 4.98 Å². The molecule has 3 heterocycles. The van der Waals surface area contributed by atoms with Crippen LogP contribution in [0.3, 0.4) is 0 Å². The number of hydrogen-bond acceptors (Lipinski definition) is 6. The first-order chi connectivity index (χ1) is 11.8. The van der Waals surface area contributed by atoms with Gasteiger partial charge in [-0.25, -0.2) is 9.97 Å². The zero-order chi connectivity index (χ0) is 16.4. The van der Waals surface area contributed by atoms with Crippen LogP contribution in [0.1, 0.15) is 18.4 Å². The predicted molar refractivity (Wildman–Crippen MR) is 93.1 cm³/mol. The number of nitrogens with one attached hydrogen (secondary N) is 1. The zero-order valence-electron chi connectivity index (χ0n) is 13.9. The van der Waals surface area contributed by atoms with Crippen molar-refractivity contribution >= 4 is 11.6 Å². The summed E-state index contributed by atoms with van der Waals surface area (Å²) in [6, 6.07) is 4.38. The van der Waals surface area contributed by atoms with Crippen LogP contribution < -0.4 is 10.2 Å². The van der Waals surface area contributed by atoms with E-state index >= 15 is 0 Å². The number of anilines is 2. The zero-order valence-corrected chi connectivity index (χ0v) is 13.9. The molecule has 0 spiro atoms. The van der Waals surface area contributed by atoms with Gasteiger partial charge >= 0.3 is 0 Å². The first kappa shape index (κ1) is 15.3. The van der Waals surface area contributed by atoms with Gasteiger partial charge in [-0.05, 0) is 37.5 Å². The minimum atomic E-state index is 0.243. The normalized spacial score (nSPS) is 26.2. The van der Waals surface area contributed by atoms with Crippen molar-refractivity contribution in [1.29, 1.82) is 0 Å². The van der Waals surface area contributed by atoms with Gasteiger partial charge in [0.2, 0.25) is 5.95 Å². The molecular formula is C18H23N5O. The van der Waals surface area contributed by atoms with Crippen LogP contribution in [0, 0.1) is 12.8 Å². The van der Waals surface area contributed by atoms with Gasteiger partial charge in [0.05, 0.1) is 24.4 Å². The summed E-state index contributed by atoms with van der Waals surface area (Å²) in [5.74, 6) is 1.34. The van der Waals surface area contributed by atoms with Crippen molar-refractivity contribution in [2.75, 3.05) is 29.9 Å². The number of ether oxygens (including phenoxy) is 1. The number of hydrogen-bond donors (Lipinski definition) is 1. The number of nitrogens with zero attached hydrogens (tertiary/aromatic N) is 4. The van der Waals surface area contributed by atoms with Crippen LogP contribution in [0.4, 0.5) is 11.6 Å². The van der Waals surface area contributed by atoms with Gasteiger partial charge in [0.15, 0.2) is 0 Å². The summed E-state index contributed by atoms with van der Waals surface area (Å²) in [6.07, 6.45) is 9.97. The molecule has 0 aromatic carbocycles. The molecule has 2 aromatic rings. The Balaban J connectivity index is 1.43. The second kappa shape index (κ2) is 6.73. The summed E-state index contributed by atoms with van der Waals surface area (Å²) in [5.41, 5.74) is 2.16. The van der Waals surface area contributed by atoms with Crippen molar-refractivity contribution < 1.29 is 4.74 Å². The highest BCUT2D eigenvalue weighted by Crippen LogP contribution is 2.36. The Morgan fingerprint density at radius 2 is 2.12 bits per heavy atom. The summed E-state index contributed by atoms with van der Waals surface area (Å²) in [6.45, 7) is 4.53. The molecule has 2 aliphatic rings. The molecule has 1 saturated carbocycles. The highest BCUT2D eigenvalue weighted by molar-refractivity contribution is 5.40. The Bertz CT molecular complexity index is 663. The van der Waals surface area contributed by atoms with Crippen LogP contribution >= 0.6 is 0 Å². The quantitative estimate of drug-likeness (QED) is 0.930. The molecule has 0 radical (unpaired) electrons. The largest absolute Gasteiger partial charge is 0.383 e. The summed E-state index contributed by atoms with van der Waals surface area (Å²) in [5, 5.41) is 3.49. The summed E-state index contributed by atoms with van der Waals surface area (Å²) in [4.78, 5) is 15.5. The van der Waals surface area contributed by atoms with Gasteiger partial charge in [-0.1, -0.05) is 0 Å². The molecule has 0 unspecified atom stereocenters. The summed E-state index contributed by atoms with van der Waals surface area (Å²) >= 11 is 0. The molecule has 1 aliphatic carbocycles. The molecule has 24 heavy (non-hydrogen) atoms. The molecule has 1 N–H and O–H groups in total. The highest BCUT2D eigenvalue weighted by Gasteiger charge is 2.43. The fourth-order valence-corrected chi connectivity index (χ4v) is 3.78. The molecule has 1 saturated heterocycles. The fraction of sp³-hybridized carbons (Fsp3) is 0.500. The third kappa shape index (κ3) is 3.06. The maximum atomic E-state index is 6.13. The Morgan fingerprint density at radius 3 is 2.92 bits per heavy atom. The lowest BCUT2D eigenvalue weighted by Gasteiger charge is -2.39. The van der Waals surface area contributed by atoms with Crippen LogP contribution in [0.15, 0.2) is 36.9 Å². The Labute approximate surface area is 142 Å². The fourth-order valence-electron chi connectivity index (χ4n) is 3.78. The second-order valence-corrected chi connectivity index (χ2v) is 6.62. The van der Waals surface area contributed by atoms with Crippen molar-refractivity contribution in [2.24, 2.45) is 5.92 Å². The van der Waals surface area contributed by atoms with Crippen molar-refractivity contribution in [3.8, 4) is 0 Å². The highest BCUT2D eigenvalue weighted by atomic mass is 16.5. The molecule has 0 bridgehead atoms. The van der Waals surface area contributed by atoms with Crippen molar-refractivity contribution in [3.05, 3.63) is 42.5 Å². The number of aryl methyl sites for hydroxylation is 1. The van der Waals surface area contributed by atoms with Gasteiger partial charge < -0.3 is 15.0 Å².